The van der Waals surface area contributed by atoms with Crippen molar-refractivity contribution < 1.29 is 39.7 Å². The minimum Gasteiger partial charge on any atom is -0.395 e. The minimum atomic E-state index is -4.64. The standard InChI is InChI=1S/2C8H19NO2.H3O4P/c2*1-2-3-4-9(5-7-10)6-8-11;1-5(2,3)4/h2*10-11H,2-8H2,1H3;(H3,1,2,3,4). The van der Waals surface area contributed by atoms with Gasteiger partial charge in [0, 0.05) is 26.2 Å². The fraction of sp³-hybridized carbons (Fsp3) is 1.00. The van der Waals surface area contributed by atoms with E-state index in [1.807, 2.05) is 0 Å². The molecule has 0 fully saturated rings. The SMILES string of the molecule is CCCCN(CCO)CCO.CCCCN(CCO)CCO.O=P(O)(O)O. The molecule has 168 valence electrons. The smallest absolute Gasteiger partial charge is 0.395 e. The van der Waals surface area contributed by atoms with E-state index in [1.54, 1.807) is 0 Å². The van der Waals surface area contributed by atoms with E-state index in [-0.39, 0.29) is 26.4 Å². The second-order valence-corrected chi connectivity index (χ2v) is 6.82. The summed E-state index contributed by atoms with van der Waals surface area (Å²) < 4.78 is 8.88. The van der Waals surface area contributed by atoms with Crippen molar-refractivity contribution in [2.45, 2.75) is 39.5 Å². The molecule has 0 aromatic rings. The first kappa shape index (κ1) is 31.6. The third-order valence-corrected chi connectivity index (χ3v) is 3.32. The lowest BCUT2D eigenvalue weighted by Crippen LogP contribution is -2.30. The number of phosphoric acid groups is 1. The van der Waals surface area contributed by atoms with Crippen LogP contribution in [-0.4, -0.2) is 111 Å². The molecule has 0 unspecified atom stereocenters. The van der Waals surface area contributed by atoms with Crippen molar-refractivity contribution >= 4 is 7.82 Å². The maximum absolute atomic E-state index is 8.88. The van der Waals surface area contributed by atoms with Crippen LogP contribution in [-0.2, 0) is 4.57 Å². The first-order chi connectivity index (χ1) is 12.7. The van der Waals surface area contributed by atoms with E-state index in [9.17, 15) is 0 Å². The Hall–Kier alpha value is -0.130. The lowest BCUT2D eigenvalue weighted by molar-refractivity contribution is 0.159. The summed E-state index contributed by atoms with van der Waals surface area (Å²) in [6.45, 7) is 9.70. The molecule has 0 bridgehead atoms. The molecule has 0 saturated carbocycles. The van der Waals surface area contributed by atoms with Crippen LogP contribution < -0.4 is 0 Å². The fourth-order valence-electron chi connectivity index (χ4n) is 2.00. The molecule has 11 heteroatoms. The van der Waals surface area contributed by atoms with Gasteiger partial charge in [-0.1, -0.05) is 26.7 Å². The molecule has 0 rings (SSSR count). The van der Waals surface area contributed by atoms with Crippen LogP contribution in [0.5, 0.6) is 0 Å². The third-order valence-electron chi connectivity index (χ3n) is 3.32. The van der Waals surface area contributed by atoms with Crippen LogP contribution in [0.3, 0.4) is 0 Å². The second-order valence-electron chi connectivity index (χ2n) is 5.80. The number of aliphatic hydroxyl groups excluding tert-OH is 4. The molecule has 0 radical (unpaired) electrons. The van der Waals surface area contributed by atoms with Gasteiger partial charge in [0.15, 0.2) is 0 Å². The van der Waals surface area contributed by atoms with Crippen LogP contribution in [0.25, 0.3) is 0 Å². The van der Waals surface area contributed by atoms with Gasteiger partial charge in [-0.25, -0.2) is 4.57 Å². The summed E-state index contributed by atoms with van der Waals surface area (Å²) in [6.07, 6.45) is 4.60. The molecule has 27 heavy (non-hydrogen) atoms. The fourth-order valence-corrected chi connectivity index (χ4v) is 2.00. The van der Waals surface area contributed by atoms with Gasteiger partial charge in [0.05, 0.1) is 26.4 Å². The van der Waals surface area contributed by atoms with Crippen molar-refractivity contribution in [1.29, 1.82) is 0 Å². The van der Waals surface area contributed by atoms with Crippen molar-refractivity contribution in [3.05, 3.63) is 0 Å². The Bertz CT molecular complexity index is 281. The van der Waals surface area contributed by atoms with Gasteiger partial charge in [-0.05, 0) is 25.9 Å². The van der Waals surface area contributed by atoms with Crippen molar-refractivity contribution in [3.8, 4) is 0 Å². The Kier molecular flexibility index (Phi) is 27.9. The molecule has 0 saturated heterocycles. The van der Waals surface area contributed by atoms with Gasteiger partial charge >= 0.3 is 7.82 Å². The zero-order valence-electron chi connectivity index (χ0n) is 16.8. The summed E-state index contributed by atoms with van der Waals surface area (Å²) in [6, 6.07) is 0. The van der Waals surface area contributed by atoms with Crippen LogP contribution in [0.4, 0.5) is 0 Å². The van der Waals surface area contributed by atoms with Gasteiger partial charge in [-0.15, -0.1) is 0 Å². The molecule has 7 N–H and O–H groups in total. The molecule has 0 atom stereocenters. The Morgan fingerprint density at radius 3 is 0.963 bits per heavy atom. The molecule has 0 heterocycles. The van der Waals surface area contributed by atoms with E-state index in [2.05, 4.69) is 23.6 Å². The predicted molar refractivity (Wildman–Crippen MR) is 105 cm³/mol. The van der Waals surface area contributed by atoms with Gasteiger partial charge in [0.1, 0.15) is 0 Å². The molecule has 10 nitrogen and oxygen atoms in total. The van der Waals surface area contributed by atoms with Gasteiger partial charge in [-0.3, -0.25) is 9.80 Å². The molecular weight excluding hydrogens is 379 g/mol. The monoisotopic (exact) mass is 420 g/mol. The van der Waals surface area contributed by atoms with Crippen LogP contribution in [0.15, 0.2) is 0 Å². The van der Waals surface area contributed by atoms with Crippen LogP contribution in [0.1, 0.15) is 39.5 Å². The molecular formula is C16H41N2O8P. The number of nitrogens with zero attached hydrogens (tertiary/aromatic N) is 2. The Labute approximate surface area is 163 Å². The van der Waals surface area contributed by atoms with E-state index >= 15 is 0 Å². The van der Waals surface area contributed by atoms with Gasteiger partial charge < -0.3 is 35.1 Å². The number of hydrogen-bond acceptors (Lipinski definition) is 7. The minimum absolute atomic E-state index is 0.184. The number of aliphatic hydroxyl groups is 4. The summed E-state index contributed by atoms with van der Waals surface area (Å²) in [5.74, 6) is 0. The maximum Gasteiger partial charge on any atom is 0.466 e. The number of unbranched alkanes of at least 4 members (excludes halogenated alkanes) is 2. The average Bonchev–Trinajstić information content (AvgIpc) is 2.57. The van der Waals surface area contributed by atoms with Crippen LogP contribution in [0.2, 0.25) is 0 Å². The first-order valence-electron chi connectivity index (χ1n) is 9.36. The second kappa shape index (κ2) is 23.9. The van der Waals surface area contributed by atoms with Gasteiger partial charge in [0.25, 0.3) is 0 Å². The first-order valence-corrected chi connectivity index (χ1v) is 10.9. The van der Waals surface area contributed by atoms with E-state index in [1.165, 1.54) is 0 Å². The van der Waals surface area contributed by atoms with Crippen molar-refractivity contribution in [2.24, 2.45) is 0 Å². The highest BCUT2D eigenvalue weighted by Gasteiger charge is 2.02. The molecule has 0 aromatic carbocycles. The van der Waals surface area contributed by atoms with E-state index in [0.29, 0.717) is 26.2 Å². The quantitative estimate of drug-likeness (QED) is 0.177. The lowest BCUT2D eigenvalue weighted by Gasteiger charge is -2.19. The van der Waals surface area contributed by atoms with Gasteiger partial charge in [-0.2, -0.15) is 0 Å². The molecule has 0 amide bonds. The van der Waals surface area contributed by atoms with E-state index in [0.717, 1.165) is 38.8 Å². The van der Waals surface area contributed by atoms with Crippen molar-refractivity contribution in [1.82, 2.24) is 9.80 Å². The zero-order valence-corrected chi connectivity index (χ0v) is 17.7. The van der Waals surface area contributed by atoms with Gasteiger partial charge in [0.2, 0.25) is 0 Å². The summed E-state index contributed by atoms with van der Waals surface area (Å²) in [4.78, 5) is 25.7. The highest BCUT2D eigenvalue weighted by Crippen LogP contribution is 2.25. The molecule has 0 aliphatic heterocycles. The largest absolute Gasteiger partial charge is 0.466 e. The predicted octanol–water partition coefficient (Wildman–Crippen LogP) is -0.782. The highest BCUT2D eigenvalue weighted by atomic mass is 31.2. The summed E-state index contributed by atoms with van der Waals surface area (Å²) in [7, 11) is -4.64. The lowest BCUT2D eigenvalue weighted by atomic mass is 10.3. The molecule has 0 spiro atoms. The third kappa shape index (κ3) is 37.3. The summed E-state index contributed by atoms with van der Waals surface area (Å²) in [5.41, 5.74) is 0. The normalized spacial score (nSPS) is 11.1. The summed E-state index contributed by atoms with van der Waals surface area (Å²) in [5, 5.41) is 34.6. The zero-order chi connectivity index (χ0) is 21.6. The van der Waals surface area contributed by atoms with E-state index < -0.39 is 7.82 Å². The summed E-state index contributed by atoms with van der Waals surface area (Å²) >= 11 is 0. The van der Waals surface area contributed by atoms with E-state index in [4.69, 9.17) is 39.7 Å². The highest BCUT2D eigenvalue weighted by molar-refractivity contribution is 7.45. The Morgan fingerprint density at radius 2 is 0.815 bits per heavy atom. The molecule has 0 aliphatic rings. The Morgan fingerprint density at radius 1 is 0.593 bits per heavy atom. The number of hydrogen-bond donors (Lipinski definition) is 7. The topological polar surface area (TPSA) is 165 Å². The Balaban J connectivity index is -0.000000344. The molecule has 0 aromatic heterocycles. The maximum atomic E-state index is 8.88. The molecule has 0 aliphatic carbocycles. The van der Waals surface area contributed by atoms with Crippen molar-refractivity contribution in [3.63, 3.8) is 0 Å². The average molecular weight is 420 g/mol. The van der Waals surface area contributed by atoms with Crippen LogP contribution >= 0.6 is 7.82 Å². The van der Waals surface area contributed by atoms with Crippen LogP contribution in [0, 0.1) is 0 Å². The van der Waals surface area contributed by atoms with Crippen molar-refractivity contribution in [2.75, 3.05) is 65.7 Å². The number of rotatable bonds is 14.